The zero-order chi connectivity index (χ0) is 14.5. The first kappa shape index (κ1) is 13.9. The van der Waals surface area contributed by atoms with Gasteiger partial charge in [0.1, 0.15) is 6.07 Å². The molecule has 0 bridgehead atoms. The molecule has 0 spiro atoms. The number of nitriles is 1. The van der Waals surface area contributed by atoms with E-state index >= 15 is 0 Å². The first-order valence-corrected chi connectivity index (χ1v) is 6.43. The van der Waals surface area contributed by atoms with Crippen LogP contribution in [0.2, 0.25) is 0 Å². The van der Waals surface area contributed by atoms with Crippen molar-refractivity contribution in [1.29, 1.82) is 5.26 Å². The Balaban J connectivity index is 2.68. The fraction of sp³-hybridized carbons (Fsp3) is 0.333. The summed E-state index contributed by atoms with van der Waals surface area (Å²) in [6.45, 7) is 2.87. The van der Waals surface area contributed by atoms with Crippen molar-refractivity contribution in [3.8, 4) is 17.6 Å². The van der Waals surface area contributed by atoms with Crippen LogP contribution in [0.5, 0.6) is 11.5 Å². The number of pyridine rings is 1. The van der Waals surface area contributed by atoms with Crippen LogP contribution in [0, 0.1) is 11.3 Å². The van der Waals surface area contributed by atoms with E-state index in [1.165, 1.54) is 0 Å². The lowest BCUT2D eigenvalue weighted by atomic mass is 10.1. The number of nitrogens with one attached hydrogen (secondary N) is 1. The Morgan fingerprint density at radius 1 is 1.25 bits per heavy atom. The number of hydrogen-bond donors (Lipinski definition) is 1. The van der Waals surface area contributed by atoms with Gasteiger partial charge in [0.25, 0.3) is 0 Å². The molecule has 0 fully saturated rings. The fourth-order valence-corrected chi connectivity index (χ4v) is 2.04. The minimum Gasteiger partial charge on any atom is -0.493 e. The van der Waals surface area contributed by atoms with E-state index in [1.54, 1.807) is 20.4 Å². The van der Waals surface area contributed by atoms with Crippen LogP contribution in [-0.2, 0) is 0 Å². The Morgan fingerprint density at radius 2 is 1.95 bits per heavy atom. The molecule has 2 aromatic rings. The molecule has 0 aliphatic carbocycles. The highest BCUT2D eigenvalue weighted by atomic mass is 16.5. The average molecular weight is 271 g/mol. The molecule has 1 heterocycles. The largest absolute Gasteiger partial charge is 0.493 e. The Morgan fingerprint density at radius 3 is 2.55 bits per heavy atom. The standard InChI is InChI=1S/C15H17N3O2/c1-4-5-17-15-10(8-16)9-18-12-7-14(20-3)13(19-2)6-11(12)15/h6-7,9H,4-5H2,1-3H3,(H,17,18). The van der Waals surface area contributed by atoms with Crippen LogP contribution in [0.25, 0.3) is 10.9 Å². The summed E-state index contributed by atoms with van der Waals surface area (Å²) in [6.07, 6.45) is 2.55. The number of ether oxygens (including phenoxy) is 2. The lowest BCUT2D eigenvalue weighted by Crippen LogP contribution is -2.04. The molecule has 5 nitrogen and oxygen atoms in total. The molecule has 0 amide bonds. The van der Waals surface area contributed by atoms with E-state index in [4.69, 9.17) is 9.47 Å². The van der Waals surface area contributed by atoms with Gasteiger partial charge >= 0.3 is 0 Å². The molecule has 2 rings (SSSR count). The van der Waals surface area contributed by atoms with Crippen molar-refractivity contribution in [2.45, 2.75) is 13.3 Å². The second-order valence-corrected chi connectivity index (χ2v) is 4.31. The predicted octanol–water partition coefficient (Wildman–Crippen LogP) is 2.95. The van der Waals surface area contributed by atoms with E-state index in [-0.39, 0.29) is 0 Å². The molecule has 20 heavy (non-hydrogen) atoms. The molecule has 0 saturated heterocycles. The van der Waals surface area contributed by atoms with Crippen LogP contribution in [0.4, 0.5) is 5.69 Å². The van der Waals surface area contributed by atoms with Crippen LogP contribution in [0.1, 0.15) is 18.9 Å². The maximum atomic E-state index is 9.22. The zero-order valence-corrected chi connectivity index (χ0v) is 11.9. The number of hydrogen-bond acceptors (Lipinski definition) is 5. The molecular weight excluding hydrogens is 254 g/mol. The summed E-state index contributed by atoms with van der Waals surface area (Å²) < 4.78 is 10.6. The topological polar surface area (TPSA) is 67.2 Å². The summed E-state index contributed by atoms with van der Waals surface area (Å²) in [5.41, 5.74) is 2.08. The Kier molecular flexibility index (Phi) is 4.26. The Labute approximate surface area is 118 Å². The maximum Gasteiger partial charge on any atom is 0.162 e. The third-order valence-electron chi connectivity index (χ3n) is 3.05. The van der Waals surface area contributed by atoms with E-state index in [2.05, 4.69) is 23.3 Å². The normalized spacial score (nSPS) is 10.1. The van der Waals surface area contributed by atoms with Crippen molar-refractivity contribution in [2.24, 2.45) is 0 Å². The molecule has 0 atom stereocenters. The van der Waals surface area contributed by atoms with Gasteiger partial charge in [-0.15, -0.1) is 0 Å². The van der Waals surface area contributed by atoms with Crippen LogP contribution in [0.15, 0.2) is 18.3 Å². The van der Waals surface area contributed by atoms with Gasteiger partial charge < -0.3 is 14.8 Å². The molecule has 5 heteroatoms. The van der Waals surface area contributed by atoms with Gasteiger partial charge in [-0.25, -0.2) is 0 Å². The first-order valence-electron chi connectivity index (χ1n) is 6.43. The van der Waals surface area contributed by atoms with Gasteiger partial charge in [0, 0.05) is 24.2 Å². The molecular formula is C15H17N3O2. The maximum absolute atomic E-state index is 9.22. The van der Waals surface area contributed by atoms with E-state index in [0.29, 0.717) is 17.1 Å². The van der Waals surface area contributed by atoms with Gasteiger partial charge in [0.05, 0.1) is 31.0 Å². The van der Waals surface area contributed by atoms with Gasteiger partial charge in [0.2, 0.25) is 0 Å². The molecule has 104 valence electrons. The number of aromatic nitrogens is 1. The minimum absolute atomic E-state index is 0.526. The summed E-state index contributed by atoms with van der Waals surface area (Å²) in [7, 11) is 3.17. The summed E-state index contributed by atoms with van der Waals surface area (Å²) >= 11 is 0. The lowest BCUT2D eigenvalue weighted by molar-refractivity contribution is 0.356. The SMILES string of the molecule is CCCNc1c(C#N)cnc2cc(OC)c(OC)cc12. The van der Waals surface area contributed by atoms with E-state index in [1.807, 2.05) is 12.1 Å². The van der Waals surface area contributed by atoms with E-state index in [9.17, 15) is 5.26 Å². The Bertz CT molecular complexity index is 662. The summed E-state index contributed by atoms with van der Waals surface area (Å²) in [5, 5.41) is 13.4. The number of methoxy groups -OCH3 is 2. The van der Waals surface area contributed by atoms with Crippen LogP contribution >= 0.6 is 0 Å². The fourth-order valence-electron chi connectivity index (χ4n) is 2.04. The first-order chi connectivity index (χ1) is 9.74. The number of fused-ring (bicyclic) bond motifs is 1. The second kappa shape index (κ2) is 6.11. The van der Waals surface area contributed by atoms with Gasteiger partial charge in [-0.3, -0.25) is 4.98 Å². The number of nitrogens with zero attached hydrogens (tertiary/aromatic N) is 2. The van der Waals surface area contributed by atoms with Gasteiger partial charge in [0.15, 0.2) is 11.5 Å². The highest BCUT2D eigenvalue weighted by Gasteiger charge is 2.13. The smallest absolute Gasteiger partial charge is 0.162 e. The summed E-state index contributed by atoms with van der Waals surface area (Å²) in [5.74, 6) is 1.25. The van der Waals surface area contributed by atoms with Crippen molar-refractivity contribution >= 4 is 16.6 Å². The number of anilines is 1. The average Bonchev–Trinajstić information content (AvgIpc) is 2.50. The highest BCUT2D eigenvalue weighted by Crippen LogP contribution is 2.35. The zero-order valence-electron chi connectivity index (χ0n) is 11.9. The van der Waals surface area contributed by atoms with Crippen molar-refractivity contribution < 1.29 is 9.47 Å². The highest BCUT2D eigenvalue weighted by molar-refractivity contribution is 5.96. The van der Waals surface area contributed by atoms with Crippen molar-refractivity contribution in [3.05, 3.63) is 23.9 Å². The number of benzene rings is 1. The van der Waals surface area contributed by atoms with Gasteiger partial charge in [-0.05, 0) is 12.5 Å². The van der Waals surface area contributed by atoms with Crippen LogP contribution in [0.3, 0.4) is 0 Å². The number of rotatable bonds is 5. The van der Waals surface area contributed by atoms with E-state index in [0.717, 1.165) is 29.6 Å². The van der Waals surface area contributed by atoms with Crippen molar-refractivity contribution in [2.75, 3.05) is 26.1 Å². The molecule has 1 aromatic heterocycles. The second-order valence-electron chi connectivity index (χ2n) is 4.31. The van der Waals surface area contributed by atoms with Crippen LogP contribution in [-0.4, -0.2) is 25.7 Å². The molecule has 1 N–H and O–H groups in total. The Hall–Kier alpha value is -2.48. The minimum atomic E-state index is 0.526. The van der Waals surface area contributed by atoms with Gasteiger partial charge in [-0.1, -0.05) is 6.92 Å². The molecule has 1 aromatic carbocycles. The summed E-state index contributed by atoms with van der Waals surface area (Å²) in [4.78, 5) is 4.31. The van der Waals surface area contributed by atoms with Crippen molar-refractivity contribution in [1.82, 2.24) is 4.98 Å². The molecule has 0 saturated carbocycles. The van der Waals surface area contributed by atoms with Crippen molar-refractivity contribution in [3.63, 3.8) is 0 Å². The lowest BCUT2D eigenvalue weighted by Gasteiger charge is -2.13. The van der Waals surface area contributed by atoms with E-state index < -0.39 is 0 Å². The molecule has 0 aliphatic rings. The molecule has 0 unspecified atom stereocenters. The van der Waals surface area contributed by atoms with Gasteiger partial charge in [-0.2, -0.15) is 5.26 Å². The quantitative estimate of drug-likeness (QED) is 0.905. The molecule has 0 radical (unpaired) electrons. The van der Waals surface area contributed by atoms with Crippen LogP contribution < -0.4 is 14.8 Å². The predicted molar refractivity (Wildman–Crippen MR) is 78.3 cm³/mol. The third-order valence-corrected chi connectivity index (χ3v) is 3.05. The third kappa shape index (κ3) is 2.45. The molecule has 0 aliphatic heterocycles. The summed E-state index contributed by atoms with van der Waals surface area (Å²) in [6, 6.07) is 5.82. The monoisotopic (exact) mass is 271 g/mol.